The third-order valence-electron chi connectivity index (χ3n) is 7.74. The maximum absolute atomic E-state index is 15.8. The van der Waals surface area contributed by atoms with Crippen molar-refractivity contribution in [2.24, 2.45) is 5.92 Å². The molecule has 0 bridgehead atoms. The zero-order chi connectivity index (χ0) is 27.9. The normalized spacial score (nSPS) is 24.1. The minimum absolute atomic E-state index is 0.0227. The molecule has 1 fully saturated rings. The number of hydrogen-bond donors (Lipinski definition) is 4. The van der Waals surface area contributed by atoms with Crippen LogP contribution in [0.2, 0.25) is 18.6 Å². The first-order valence-corrected chi connectivity index (χ1v) is 16.0. The number of nitrogens with one attached hydrogen (secondary N) is 2. The third-order valence-corrected chi connectivity index (χ3v) is 10.2. The summed E-state index contributed by atoms with van der Waals surface area (Å²) in [5.74, 6) is -1.09. The first-order valence-electron chi connectivity index (χ1n) is 13.0. The molecule has 3 aromatic rings. The molecule has 4 atom stereocenters. The van der Waals surface area contributed by atoms with E-state index in [0.717, 1.165) is 0 Å². The van der Waals surface area contributed by atoms with Crippen LogP contribution in [0.25, 0.3) is 0 Å². The summed E-state index contributed by atoms with van der Waals surface area (Å²) in [7, 11) is -3.29. The molecule has 2 aliphatic heterocycles. The number of nitrogen functional groups attached to an aromatic ring is 1. The Morgan fingerprint density at radius 3 is 2.72 bits per heavy atom. The van der Waals surface area contributed by atoms with Gasteiger partial charge >= 0.3 is 0 Å². The molecule has 2 aliphatic rings. The van der Waals surface area contributed by atoms with Gasteiger partial charge < -0.3 is 30.3 Å². The Morgan fingerprint density at radius 1 is 1.28 bits per heavy atom. The summed E-state index contributed by atoms with van der Waals surface area (Å²) in [5.41, 5.74) is 7.23. The number of fused-ring (bicyclic) bond motifs is 2. The van der Waals surface area contributed by atoms with Crippen LogP contribution in [0.1, 0.15) is 35.0 Å². The lowest BCUT2D eigenvalue weighted by atomic mass is 9.82. The van der Waals surface area contributed by atoms with Crippen molar-refractivity contribution in [1.82, 2.24) is 15.0 Å². The van der Waals surface area contributed by atoms with Gasteiger partial charge in [-0.05, 0) is 62.0 Å². The third kappa shape index (κ3) is 4.95. The van der Waals surface area contributed by atoms with Gasteiger partial charge in [0.1, 0.15) is 0 Å². The Balaban J connectivity index is 1.43. The van der Waals surface area contributed by atoms with Gasteiger partial charge in [0.2, 0.25) is 8.41 Å². The molecule has 1 spiro atoms. The van der Waals surface area contributed by atoms with E-state index in [2.05, 4.69) is 20.9 Å². The van der Waals surface area contributed by atoms with Gasteiger partial charge in [0.15, 0.2) is 5.60 Å². The van der Waals surface area contributed by atoms with E-state index in [-0.39, 0.29) is 18.4 Å². The number of aliphatic hydroxyl groups excluding tert-OH is 1. The Bertz CT molecular complexity index is 1390. The summed E-state index contributed by atoms with van der Waals surface area (Å²) < 4.78 is 24.1. The molecule has 1 saturated heterocycles. The molecule has 1 aromatic heterocycles. The van der Waals surface area contributed by atoms with E-state index in [1.807, 2.05) is 6.92 Å². The minimum atomic E-state index is -3.29. The molecule has 0 radical (unpaired) electrons. The Labute approximate surface area is 226 Å². The number of nitrogens with two attached hydrogens (primary N) is 1. The highest BCUT2D eigenvalue weighted by Crippen LogP contribution is 2.59. The molecular weight excluding hydrogens is 519 g/mol. The summed E-state index contributed by atoms with van der Waals surface area (Å²) in [6.07, 6.45) is 2.07. The van der Waals surface area contributed by atoms with Gasteiger partial charge in [0, 0.05) is 65.4 Å². The molecular formula is C27H33FN6O4Si. The van der Waals surface area contributed by atoms with E-state index in [4.69, 9.17) is 15.6 Å². The average molecular weight is 553 g/mol. The smallest absolute Gasteiger partial charge is 0.261 e. The van der Waals surface area contributed by atoms with Gasteiger partial charge in [-0.1, -0.05) is 12.1 Å². The molecule has 12 heteroatoms. The SMILES string of the molecule is C[C@@H]1[C@@H]([Si](C)(C)F)[C@H](CCn2cc(CCO)nn2)O[C@@]12C(=O)Nc1ccc(NC(=O)c3ccc(N)cc3)cc12. The minimum Gasteiger partial charge on any atom is -0.399 e. The van der Waals surface area contributed by atoms with E-state index in [1.54, 1.807) is 66.4 Å². The predicted molar refractivity (Wildman–Crippen MR) is 147 cm³/mol. The lowest BCUT2D eigenvalue weighted by molar-refractivity contribution is -0.143. The molecule has 0 saturated carbocycles. The van der Waals surface area contributed by atoms with Crippen molar-refractivity contribution in [3.8, 4) is 0 Å². The Kier molecular flexibility index (Phi) is 7.03. The van der Waals surface area contributed by atoms with Crippen LogP contribution in [0.3, 0.4) is 0 Å². The molecule has 39 heavy (non-hydrogen) atoms. The summed E-state index contributed by atoms with van der Waals surface area (Å²) >= 11 is 0. The number of benzene rings is 2. The van der Waals surface area contributed by atoms with Crippen LogP contribution in [-0.4, -0.2) is 53.0 Å². The molecule has 0 unspecified atom stereocenters. The van der Waals surface area contributed by atoms with E-state index in [9.17, 15) is 9.59 Å². The molecule has 5 rings (SSSR count). The van der Waals surface area contributed by atoms with Crippen LogP contribution in [0.5, 0.6) is 0 Å². The number of aliphatic hydroxyl groups is 1. The number of ether oxygens (including phenoxy) is 1. The zero-order valence-electron chi connectivity index (χ0n) is 22.1. The monoisotopic (exact) mass is 552 g/mol. The van der Waals surface area contributed by atoms with Crippen molar-refractivity contribution in [1.29, 1.82) is 0 Å². The highest BCUT2D eigenvalue weighted by Gasteiger charge is 2.65. The zero-order valence-corrected chi connectivity index (χ0v) is 23.1. The van der Waals surface area contributed by atoms with Crippen LogP contribution >= 0.6 is 0 Å². The topological polar surface area (TPSA) is 144 Å². The number of hydrogen-bond acceptors (Lipinski definition) is 7. The summed E-state index contributed by atoms with van der Waals surface area (Å²) in [5, 5.41) is 23.1. The maximum Gasteiger partial charge on any atom is 0.261 e. The number of aryl methyl sites for hydroxylation is 1. The first kappa shape index (κ1) is 27.0. The number of anilines is 3. The molecule has 3 heterocycles. The predicted octanol–water partition coefficient (Wildman–Crippen LogP) is 3.46. The van der Waals surface area contributed by atoms with Crippen molar-refractivity contribution in [2.45, 2.75) is 56.7 Å². The maximum atomic E-state index is 15.8. The lowest BCUT2D eigenvalue weighted by Crippen LogP contribution is -2.42. The number of amides is 2. The van der Waals surface area contributed by atoms with E-state index < -0.39 is 31.6 Å². The summed E-state index contributed by atoms with van der Waals surface area (Å²) in [6, 6.07) is 11.8. The van der Waals surface area contributed by atoms with E-state index in [1.165, 1.54) is 0 Å². The molecule has 2 aromatic carbocycles. The molecule has 0 aliphatic carbocycles. The number of carbonyl (C=O) groups is 2. The molecule has 10 nitrogen and oxygen atoms in total. The van der Waals surface area contributed by atoms with E-state index in [0.29, 0.717) is 53.3 Å². The highest BCUT2D eigenvalue weighted by molar-refractivity contribution is 6.72. The highest BCUT2D eigenvalue weighted by atomic mass is 28.4. The van der Waals surface area contributed by atoms with Crippen molar-refractivity contribution in [3.63, 3.8) is 0 Å². The van der Waals surface area contributed by atoms with Crippen LogP contribution in [0.15, 0.2) is 48.7 Å². The lowest BCUT2D eigenvalue weighted by Gasteiger charge is -2.30. The summed E-state index contributed by atoms with van der Waals surface area (Å²) in [4.78, 5) is 26.4. The number of carbonyl (C=O) groups excluding carboxylic acids is 2. The number of aromatic nitrogens is 3. The van der Waals surface area contributed by atoms with Crippen molar-refractivity contribution < 1.29 is 23.5 Å². The molecule has 5 N–H and O–H groups in total. The average Bonchev–Trinajstić information content (AvgIpc) is 3.53. The molecule has 206 valence electrons. The van der Waals surface area contributed by atoms with Crippen LogP contribution in [0, 0.1) is 5.92 Å². The van der Waals surface area contributed by atoms with Gasteiger partial charge in [0.05, 0.1) is 11.8 Å². The number of rotatable bonds is 8. The van der Waals surface area contributed by atoms with Gasteiger partial charge in [0.25, 0.3) is 11.8 Å². The van der Waals surface area contributed by atoms with Crippen LogP contribution < -0.4 is 16.4 Å². The first-order chi connectivity index (χ1) is 18.5. The van der Waals surface area contributed by atoms with Gasteiger partial charge in [-0.15, -0.1) is 5.10 Å². The Morgan fingerprint density at radius 2 is 2.03 bits per heavy atom. The second-order valence-corrected chi connectivity index (χ2v) is 14.6. The number of nitrogens with zero attached hydrogens (tertiary/aromatic N) is 3. The van der Waals surface area contributed by atoms with Crippen molar-refractivity contribution >= 4 is 37.3 Å². The van der Waals surface area contributed by atoms with Gasteiger partial charge in [-0.3, -0.25) is 14.3 Å². The second kappa shape index (κ2) is 10.2. The quantitative estimate of drug-likeness (QED) is 0.190. The fraction of sp³-hybridized carbons (Fsp3) is 0.407. The number of halogens is 1. The molecule has 2 amide bonds. The second-order valence-electron chi connectivity index (χ2n) is 10.8. The Hall–Kier alpha value is -3.61. The fourth-order valence-electron chi connectivity index (χ4n) is 5.99. The van der Waals surface area contributed by atoms with Gasteiger partial charge in [-0.2, -0.15) is 0 Å². The van der Waals surface area contributed by atoms with Crippen LogP contribution in [0.4, 0.5) is 21.2 Å². The van der Waals surface area contributed by atoms with Crippen molar-refractivity contribution in [2.75, 3.05) is 23.0 Å². The van der Waals surface area contributed by atoms with Gasteiger partial charge in [-0.25, -0.2) is 0 Å². The standard InChI is InChI=1S/C27H33FN6O4Si/c1-16-24(39(2,3)28)23(10-12-34-15-20(11-13-35)32-33-34)38-27(16)21-14-19(8-9-22(21)31-26(27)37)30-25(36)17-4-6-18(29)7-5-17/h4-9,14-16,23-24,35H,10-13,29H2,1-3H3,(H,30,36)(H,31,37)/t16-,23+,24-,27+/m1/s1. The van der Waals surface area contributed by atoms with Crippen molar-refractivity contribution in [3.05, 3.63) is 65.5 Å². The van der Waals surface area contributed by atoms with Crippen LogP contribution in [-0.2, 0) is 28.1 Å². The summed E-state index contributed by atoms with van der Waals surface area (Å²) in [6.45, 7) is 5.58. The fourth-order valence-corrected chi connectivity index (χ4v) is 8.53. The largest absolute Gasteiger partial charge is 0.399 e. The van der Waals surface area contributed by atoms with E-state index >= 15 is 4.11 Å².